The van der Waals surface area contributed by atoms with E-state index in [1.54, 1.807) is 58.5 Å². The van der Waals surface area contributed by atoms with E-state index >= 15 is 0 Å². The average Bonchev–Trinajstić information content (AvgIpc) is 3.43. The summed E-state index contributed by atoms with van der Waals surface area (Å²) in [5, 5.41) is 4.32. The van der Waals surface area contributed by atoms with Crippen molar-refractivity contribution in [2.75, 3.05) is 0 Å². The number of hydrazine groups is 1. The van der Waals surface area contributed by atoms with Crippen molar-refractivity contribution < 1.29 is 28.7 Å². The number of carbonyl (C=O) groups excluding carboxylic acids is 4. The number of fused-ring (bicyclic) bond motifs is 5. The quantitative estimate of drug-likeness (QED) is 0.485. The number of ether oxygens (including phenoxy) is 2. The van der Waals surface area contributed by atoms with Gasteiger partial charge in [0.25, 0.3) is 0 Å². The lowest BCUT2D eigenvalue weighted by molar-refractivity contribution is -0.167. The molecule has 6 unspecified atom stereocenters. The van der Waals surface area contributed by atoms with E-state index in [0.29, 0.717) is 21.2 Å². The van der Waals surface area contributed by atoms with Crippen LogP contribution in [0.1, 0.15) is 23.2 Å². The molecule has 0 radical (unpaired) electrons. The van der Waals surface area contributed by atoms with Gasteiger partial charge in [0, 0.05) is 10.0 Å². The fourth-order valence-electron chi connectivity index (χ4n) is 5.44. The van der Waals surface area contributed by atoms with Gasteiger partial charge >= 0.3 is 23.9 Å². The number of cyclic esters (lactones) is 4. The predicted octanol–water partition coefficient (Wildman–Crippen LogP) is 2.46. The third-order valence-electron chi connectivity index (χ3n) is 6.62. The Labute approximate surface area is 191 Å². The molecule has 4 heterocycles. The third kappa shape index (κ3) is 2.58. The lowest BCUT2D eigenvalue weighted by atomic mass is 9.84. The minimum Gasteiger partial charge on any atom is -0.392 e. The van der Waals surface area contributed by atoms with Gasteiger partial charge in [0.2, 0.25) is 0 Å². The summed E-state index contributed by atoms with van der Waals surface area (Å²) in [7, 11) is 0. The van der Waals surface area contributed by atoms with E-state index in [9.17, 15) is 19.2 Å². The Balaban J connectivity index is 1.56. The summed E-state index contributed by atoms with van der Waals surface area (Å²) in [6.45, 7) is 0. The molecule has 4 fully saturated rings. The molecule has 8 nitrogen and oxygen atoms in total. The molecule has 0 N–H and O–H groups in total. The van der Waals surface area contributed by atoms with Gasteiger partial charge in [-0.25, -0.2) is 19.6 Å². The van der Waals surface area contributed by atoms with Crippen LogP contribution >= 0.6 is 23.2 Å². The van der Waals surface area contributed by atoms with E-state index in [4.69, 9.17) is 32.7 Å². The highest BCUT2D eigenvalue weighted by atomic mass is 35.5. The number of esters is 4. The highest BCUT2D eigenvalue weighted by Gasteiger charge is 2.72. The van der Waals surface area contributed by atoms with Crippen molar-refractivity contribution in [3.8, 4) is 0 Å². The van der Waals surface area contributed by atoms with Gasteiger partial charge in [-0.2, -0.15) is 0 Å². The second-order valence-corrected chi connectivity index (χ2v) is 9.05. The summed E-state index contributed by atoms with van der Waals surface area (Å²) in [5.74, 6) is -4.50. The first-order valence-electron chi connectivity index (χ1n) is 9.95. The van der Waals surface area contributed by atoms with Gasteiger partial charge in [-0.3, -0.25) is 9.59 Å². The molecule has 0 spiro atoms. The monoisotopic (exact) mass is 472 g/mol. The van der Waals surface area contributed by atoms with Crippen LogP contribution in [0.4, 0.5) is 0 Å². The SMILES string of the molecule is O=C1OC(=O)C2C1C(c1ccc(Cl)cc1)N1C3C(=O)OC(=O)C3C(c3ccc(Cl)cc3)N21. The van der Waals surface area contributed by atoms with E-state index in [1.165, 1.54) is 0 Å². The van der Waals surface area contributed by atoms with E-state index in [0.717, 1.165) is 0 Å². The zero-order valence-corrected chi connectivity index (χ0v) is 17.7. The molecule has 4 saturated heterocycles. The van der Waals surface area contributed by atoms with Gasteiger partial charge in [0.15, 0.2) is 0 Å². The summed E-state index contributed by atoms with van der Waals surface area (Å²) < 4.78 is 9.99. The van der Waals surface area contributed by atoms with E-state index in [-0.39, 0.29) is 0 Å². The Kier molecular flexibility index (Phi) is 4.26. The smallest absolute Gasteiger partial charge is 0.333 e. The Hall–Kier alpha value is -2.78. The number of hydrogen-bond donors (Lipinski definition) is 0. The average molecular weight is 473 g/mol. The van der Waals surface area contributed by atoms with Crippen LogP contribution in [0.3, 0.4) is 0 Å². The Bertz CT molecular complexity index is 1090. The molecule has 32 heavy (non-hydrogen) atoms. The van der Waals surface area contributed by atoms with Crippen molar-refractivity contribution >= 4 is 47.1 Å². The number of rotatable bonds is 2. The first kappa shape index (κ1) is 19.9. The molecule has 10 heteroatoms. The second-order valence-electron chi connectivity index (χ2n) is 8.17. The van der Waals surface area contributed by atoms with Crippen molar-refractivity contribution in [1.29, 1.82) is 0 Å². The zero-order chi connectivity index (χ0) is 22.3. The predicted molar refractivity (Wildman–Crippen MR) is 109 cm³/mol. The molecule has 4 aliphatic rings. The van der Waals surface area contributed by atoms with Crippen molar-refractivity contribution in [1.82, 2.24) is 10.0 Å². The van der Waals surface area contributed by atoms with Gasteiger partial charge in [0.1, 0.15) is 23.9 Å². The fourth-order valence-corrected chi connectivity index (χ4v) is 5.70. The molecular weight excluding hydrogens is 459 g/mol. The maximum Gasteiger partial charge on any atom is 0.333 e. The number of hydrogen-bond acceptors (Lipinski definition) is 8. The van der Waals surface area contributed by atoms with E-state index < -0.39 is 59.9 Å². The van der Waals surface area contributed by atoms with Gasteiger partial charge < -0.3 is 9.47 Å². The molecule has 2 aromatic rings. The summed E-state index contributed by atoms with van der Waals surface area (Å²) in [4.78, 5) is 51.1. The molecule has 2 aromatic carbocycles. The highest BCUT2D eigenvalue weighted by Crippen LogP contribution is 2.58. The largest absolute Gasteiger partial charge is 0.392 e. The normalized spacial score (nSPS) is 33.8. The summed E-state index contributed by atoms with van der Waals surface area (Å²) in [5.41, 5.74) is 1.34. The molecule has 0 aromatic heterocycles. The van der Waals surface area contributed by atoms with Crippen LogP contribution in [0.2, 0.25) is 10.0 Å². The molecule has 4 aliphatic heterocycles. The summed E-state index contributed by atoms with van der Waals surface area (Å²) in [6, 6.07) is 10.2. The molecule has 162 valence electrons. The van der Waals surface area contributed by atoms with Crippen LogP contribution < -0.4 is 0 Å². The molecule has 6 rings (SSSR count). The number of halogens is 2. The second kappa shape index (κ2) is 6.86. The Morgan fingerprint density at radius 2 is 0.875 bits per heavy atom. The lowest BCUT2D eigenvalue weighted by Gasteiger charge is -2.33. The summed E-state index contributed by atoms with van der Waals surface area (Å²) >= 11 is 12.1. The third-order valence-corrected chi connectivity index (χ3v) is 7.12. The number of benzene rings is 2. The van der Waals surface area contributed by atoms with Crippen LogP contribution in [0.15, 0.2) is 48.5 Å². The molecule has 0 amide bonds. The van der Waals surface area contributed by atoms with Crippen LogP contribution in [-0.2, 0) is 28.7 Å². The first-order chi connectivity index (χ1) is 15.4. The first-order valence-corrected chi connectivity index (χ1v) is 10.7. The van der Waals surface area contributed by atoms with E-state index in [1.807, 2.05) is 0 Å². The number of nitrogens with zero attached hydrogens (tertiary/aromatic N) is 2. The van der Waals surface area contributed by atoms with Crippen LogP contribution in [-0.4, -0.2) is 46.0 Å². The minimum atomic E-state index is -0.977. The molecular formula is C22H14Cl2N2O6. The summed E-state index contributed by atoms with van der Waals surface area (Å²) in [6.07, 6.45) is 0. The number of carbonyl (C=O) groups is 4. The highest BCUT2D eigenvalue weighted by molar-refractivity contribution is 6.30. The maximum absolute atomic E-state index is 12.8. The molecule has 0 aliphatic carbocycles. The van der Waals surface area contributed by atoms with Gasteiger partial charge in [-0.15, -0.1) is 0 Å². The van der Waals surface area contributed by atoms with Crippen molar-refractivity contribution in [3.63, 3.8) is 0 Å². The van der Waals surface area contributed by atoms with Crippen molar-refractivity contribution in [2.24, 2.45) is 11.8 Å². The Morgan fingerprint density at radius 3 is 1.22 bits per heavy atom. The topological polar surface area (TPSA) is 93.2 Å². The molecule has 0 bridgehead atoms. The minimum absolute atomic E-state index is 0.499. The van der Waals surface area contributed by atoms with Crippen LogP contribution in [0.5, 0.6) is 0 Å². The van der Waals surface area contributed by atoms with E-state index in [2.05, 4.69) is 0 Å². The van der Waals surface area contributed by atoms with Gasteiger partial charge in [-0.1, -0.05) is 47.5 Å². The van der Waals surface area contributed by atoms with Crippen LogP contribution in [0.25, 0.3) is 0 Å². The van der Waals surface area contributed by atoms with Crippen molar-refractivity contribution in [2.45, 2.75) is 24.2 Å². The zero-order valence-electron chi connectivity index (χ0n) is 16.2. The standard InChI is InChI=1S/C22H14Cl2N2O6/c23-11-5-1-9(2-6-11)15-13-17(21(29)31-19(13)27)26-16(10-3-7-12(24)8-4-10)14-18(25(15)26)22(30)32-20(14)28/h1-8,13-18H. The lowest BCUT2D eigenvalue weighted by Crippen LogP contribution is -2.45. The van der Waals surface area contributed by atoms with Crippen molar-refractivity contribution in [3.05, 3.63) is 69.7 Å². The Morgan fingerprint density at radius 1 is 0.531 bits per heavy atom. The van der Waals surface area contributed by atoms with Gasteiger partial charge in [0.05, 0.1) is 12.1 Å². The fraction of sp³-hybridized carbons (Fsp3) is 0.273. The van der Waals surface area contributed by atoms with Gasteiger partial charge in [-0.05, 0) is 35.4 Å². The molecule has 0 saturated carbocycles. The van der Waals surface area contributed by atoms with Crippen LogP contribution in [0, 0.1) is 11.8 Å². The maximum atomic E-state index is 12.8. The molecule has 6 atom stereocenters.